The van der Waals surface area contributed by atoms with Gasteiger partial charge in [-0.25, -0.2) is 14.5 Å². The van der Waals surface area contributed by atoms with Crippen LogP contribution in [-0.4, -0.2) is 38.1 Å². The van der Waals surface area contributed by atoms with E-state index in [1.54, 1.807) is 23.0 Å². The van der Waals surface area contributed by atoms with E-state index in [2.05, 4.69) is 15.1 Å². The molecule has 8 heteroatoms. The number of ketones is 1. The molecule has 0 fully saturated rings. The van der Waals surface area contributed by atoms with E-state index < -0.39 is 12.6 Å². The number of nitrogens with one attached hydrogen (secondary N) is 1. The summed E-state index contributed by atoms with van der Waals surface area (Å²) in [5.74, 6) is -0.650. The number of benzene rings is 1. The Kier molecular flexibility index (Phi) is 4.90. The summed E-state index contributed by atoms with van der Waals surface area (Å²) in [4.78, 5) is 32.3. The fourth-order valence-electron chi connectivity index (χ4n) is 3.13. The smallest absolute Gasteiger partial charge is 0.359 e. The third kappa shape index (κ3) is 3.64. The number of rotatable bonds is 5. The molecule has 0 atom stereocenters. The molecule has 0 spiro atoms. The zero-order valence-electron chi connectivity index (χ0n) is 15.8. The predicted octanol–water partition coefficient (Wildman–Crippen LogP) is 4.06. The van der Waals surface area contributed by atoms with Crippen molar-refractivity contribution in [2.45, 2.75) is 13.8 Å². The van der Waals surface area contributed by atoms with Gasteiger partial charge < -0.3 is 9.72 Å². The van der Waals surface area contributed by atoms with Crippen molar-refractivity contribution in [1.82, 2.24) is 19.7 Å². The first-order valence-corrected chi connectivity index (χ1v) is 9.28. The summed E-state index contributed by atoms with van der Waals surface area (Å²) in [5.41, 5.74) is 2.93. The van der Waals surface area contributed by atoms with Crippen molar-refractivity contribution < 1.29 is 14.3 Å². The standard InChI is InChI=1S/C21H17ClN4O3/c1-12-9-13(2)26(25-12)19-8-7-16(22)20(24-19)21(28)29-11-18(27)15-10-23-17-6-4-3-5-14(15)17/h3-10,23H,11H2,1-2H3. The highest BCUT2D eigenvalue weighted by Gasteiger charge is 2.19. The molecule has 0 bridgehead atoms. The topological polar surface area (TPSA) is 89.9 Å². The molecule has 0 aliphatic carbocycles. The van der Waals surface area contributed by atoms with Crippen molar-refractivity contribution >= 4 is 34.3 Å². The van der Waals surface area contributed by atoms with Gasteiger partial charge in [0, 0.05) is 28.4 Å². The van der Waals surface area contributed by atoms with Crippen LogP contribution in [0, 0.1) is 13.8 Å². The number of esters is 1. The minimum atomic E-state index is -0.772. The van der Waals surface area contributed by atoms with Gasteiger partial charge in [0.2, 0.25) is 5.78 Å². The van der Waals surface area contributed by atoms with Gasteiger partial charge in [0.15, 0.2) is 18.1 Å². The molecular weight excluding hydrogens is 392 g/mol. The normalized spacial score (nSPS) is 11.0. The lowest BCUT2D eigenvalue weighted by Gasteiger charge is -2.08. The van der Waals surface area contributed by atoms with Gasteiger partial charge >= 0.3 is 5.97 Å². The van der Waals surface area contributed by atoms with Crippen molar-refractivity contribution in [3.63, 3.8) is 0 Å². The molecule has 0 unspecified atom stereocenters. The molecular formula is C21H17ClN4O3. The van der Waals surface area contributed by atoms with Gasteiger partial charge in [-0.1, -0.05) is 29.8 Å². The van der Waals surface area contributed by atoms with E-state index in [1.165, 1.54) is 0 Å². The van der Waals surface area contributed by atoms with Crippen molar-refractivity contribution in [1.29, 1.82) is 0 Å². The lowest BCUT2D eigenvalue weighted by molar-refractivity contribution is 0.0469. The number of ether oxygens (including phenoxy) is 1. The van der Waals surface area contributed by atoms with Gasteiger partial charge in [0.05, 0.1) is 10.7 Å². The van der Waals surface area contributed by atoms with Crippen LogP contribution in [0.25, 0.3) is 16.7 Å². The summed E-state index contributed by atoms with van der Waals surface area (Å²) in [6.45, 7) is 3.34. The molecule has 3 heterocycles. The van der Waals surface area contributed by atoms with Crippen LogP contribution >= 0.6 is 11.6 Å². The minimum Gasteiger partial charge on any atom is -0.453 e. The van der Waals surface area contributed by atoms with E-state index in [-0.39, 0.29) is 16.5 Å². The summed E-state index contributed by atoms with van der Waals surface area (Å²) in [7, 11) is 0. The summed E-state index contributed by atoms with van der Waals surface area (Å²) >= 11 is 6.13. The highest BCUT2D eigenvalue weighted by molar-refractivity contribution is 6.33. The molecule has 0 aliphatic rings. The summed E-state index contributed by atoms with van der Waals surface area (Å²) in [6, 6.07) is 12.5. The first-order valence-electron chi connectivity index (χ1n) is 8.90. The van der Waals surface area contributed by atoms with E-state index in [9.17, 15) is 9.59 Å². The fourth-order valence-corrected chi connectivity index (χ4v) is 3.32. The molecule has 0 amide bonds. The summed E-state index contributed by atoms with van der Waals surface area (Å²) in [5, 5.41) is 5.26. The number of aromatic nitrogens is 4. The lowest BCUT2D eigenvalue weighted by Crippen LogP contribution is -2.16. The third-order valence-corrected chi connectivity index (χ3v) is 4.78. The molecule has 0 saturated heterocycles. The Morgan fingerprint density at radius 1 is 1.17 bits per heavy atom. The Balaban J connectivity index is 1.53. The molecule has 4 aromatic rings. The Hall–Kier alpha value is -3.45. The highest BCUT2D eigenvalue weighted by Crippen LogP contribution is 2.20. The average Bonchev–Trinajstić information content (AvgIpc) is 3.29. The molecule has 1 aromatic carbocycles. The van der Waals surface area contributed by atoms with E-state index in [0.717, 1.165) is 22.3 Å². The predicted molar refractivity (Wildman–Crippen MR) is 109 cm³/mol. The van der Waals surface area contributed by atoms with E-state index in [4.69, 9.17) is 16.3 Å². The minimum absolute atomic E-state index is 0.0663. The second kappa shape index (κ2) is 7.52. The SMILES string of the molecule is Cc1cc(C)n(-c2ccc(Cl)c(C(=O)OCC(=O)c3c[nH]c4ccccc34)n2)n1. The Bertz CT molecular complexity index is 1240. The van der Waals surface area contributed by atoms with Gasteiger partial charge in [-0.05, 0) is 38.1 Å². The van der Waals surface area contributed by atoms with Crippen LogP contribution in [0.5, 0.6) is 0 Å². The maximum absolute atomic E-state index is 12.5. The number of nitrogens with zero attached hydrogens (tertiary/aromatic N) is 3. The van der Waals surface area contributed by atoms with Crippen LogP contribution < -0.4 is 0 Å². The number of aromatic amines is 1. The number of H-pyrrole nitrogens is 1. The van der Waals surface area contributed by atoms with Gasteiger partial charge in [0.1, 0.15) is 0 Å². The number of halogens is 1. The summed E-state index contributed by atoms with van der Waals surface area (Å²) in [6.07, 6.45) is 1.61. The zero-order valence-corrected chi connectivity index (χ0v) is 16.5. The third-order valence-electron chi connectivity index (χ3n) is 4.48. The monoisotopic (exact) mass is 408 g/mol. The summed E-state index contributed by atoms with van der Waals surface area (Å²) < 4.78 is 6.80. The second-order valence-electron chi connectivity index (χ2n) is 6.59. The maximum atomic E-state index is 12.5. The number of hydrogen-bond acceptors (Lipinski definition) is 5. The first kappa shape index (κ1) is 18.9. The number of Topliss-reactive ketones (excluding diaryl/α,β-unsaturated/α-hetero) is 1. The Morgan fingerprint density at radius 3 is 2.72 bits per heavy atom. The number of carbonyl (C=O) groups excluding carboxylic acids is 2. The number of para-hydroxylation sites is 1. The largest absolute Gasteiger partial charge is 0.453 e. The second-order valence-corrected chi connectivity index (χ2v) is 6.99. The van der Waals surface area contributed by atoms with Crippen LogP contribution in [0.4, 0.5) is 0 Å². The van der Waals surface area contributed by atoms with Crippen molar-refractivity contribution in [2.75, 3.05) is 6.61 Å². The van der Waals surface area contributed by atoms with Gasteiger partial charge in [0.25, 0.3) is 0 Å². The molecule has 29 heavy (non-hydrogen) atoms. The molecule has 0 radical (unpaired) electrons. The quantitative estimate of drug-likeness (QED) is 0.397. The van der Waals surface area contributed by atoms with E-state index in [1.807, 2.05) is 44.2 Å². The van der Waals surface area contributed by atoms with Crippen molar-refractivity contribution in [2.24, 2.45) is 0 Å². The lowest BCUT2D eigenvalue weighted by atomic mass is 10.1. The van der Waals surface area contributed by atoms with Gasteiger partial charge in [-0.3, -0.25) is 4.79 Å². The molecule has 1 N–H and O–H groups in total. The van der Waals surface area contributed by atoms with E-state index >= 15 is 0 Å². The molecule has 0 aliphatic heterocycles. The number of aryl methyl sites for hydroxylation is 2. The van der Waals surface area contributed by atoms with Crippen LogP contribution in [0.3, 0.4) is 0 Å². The molecule has 7 nitrogen and oxygen atoms in total. The van der Waals surface area contributed by atoms with Crippen molar-refractivity contribution in [3.05, 3.63) is 76.3 Å². The Labute approximate surface area is 171 Å². The molecule has 0 saturated carbocycles. The molecule has 3 aromatic heterocycles. The number of fused-ring (bicyclic) bond motifs is 1. The number of carbonyl (C=O) groups is 2. The van der Waals surface area contributed by atoms with Gasteiger partial charge in [-0.15, -0.1) is 0 Å². The number of pyridine rings is 1. The van der Waals surface area contributed by atoms with Crippen LogP contribution in [-0.2, 0) is 4.74 Å². The average molecular weight is 409 g/mol. The molecule has 146 valence electrons. The zero-order chi connectivity index (χ0) is 20.5. The van der Waals surface area contributed by atoms with Crippen LogP contribution in [0.1, 0.15) is 32.2 Å². The van der Waals surface area contributed by atoms with E-state index in [0.29, 0.717) is 11.4 Å². The molecule has 4 rings (SSSR count). The van der Waals surface area contributed by atoms with Crippen LogP contribution in [0.15, 0.2) is 48.7 Å². The van der Waals surface area contributed by atoms with Crippen molar-refractivity contribution in [3.8, 4) is 5.82 Å². The van der Waals surface area contributed by atoms with Crippen LogP contribution in [0.2, 0.25) is 5.02 Å². The van der Waals surface area contributed by atoms with Gasteiger partial charge in [-0.2, -0.15) is 5.10 Å². The fraction of sp³-hybridized carbons (Fsp3) is 0.143. The Morgan fingerprint density at radius 2 is 1.97 bits per heavy atom. The maximum Gasteiger partial charge on any atom is 0.359 e. The first-order chi connectivity index (χ1) is 13.9. The number of hydrogen-bond donors (Lipinski definition) is 1. The highest BCUT2D eigenvalue weighted by atomic mass is 35.5.